The first-order valence-corrected chi connectivity index (χ1v) is 7.58. The fraction of sp³-hybridized carbons (Fsp3) is 0.714. The molecule has 6 heteroatoms. The van der Waals surface area contributed by atoms with Gasteiger partial charge < -0.3 is 9.64 Å². The number of hydrogen-bond donors (Lipinski definition) is 1. The highest BCUT2D eigenvalue weighted by atomic mass is 32.1. The van der Waals surface area contributed by atoms with Gasteiger partial charge in [0, 0.05) is 31.2 Å². The third-order valence-corrected chi connectivity index (χ3v) is 4.22. The average molecular weight is 297 g/mol. The molecule has 20 heavy (non-hydrogen) atoms. The van der Waals surface area contributed by atoms with Crippen molar-refractivity contribution in [1.82, 2.24) is 14.7 Å². The summed E-state index contributed by atoms with van der Waals surface area (Å²) in [7, 11) is 0. The molecule has 0 aliphatic carbocycles. The molecule has 1 fully saturated rings. The van der Waals surface area contributed by atoms with Crippen molar-refractivity contribution in [2.45, 2.75) is 44.8 Å². The third kappa shape index (κ3) is 3.29. The van der Waals surface area contributed by atoms with E-state index in [-0.39, 0.29) is 11.6 Å². The van der Waals surface area contributed by atoms with E-state index in [1.807, 2.05) is 37.7 Å². The number of rotatable bonds is 2. The molecule has 0 N–H and O–H groups in total. The molecule has 0 bridgehead atoms. The summed E-state index contributed by atoms with van der Waals surface area (Å²) in [6.45, 7) is 7.01. The number of amides is 1. The van der Waals surface area contributed by atoms with Crippen LogP contribution in [0.2, 0.25) is 0 Å². The Morgan fingerprint density at radius 2 is 2.05 bits per heavy atom. The van der Waals surface area contributed by atoms with E-state index in [2.05, 4.69) is 17.7 Å². The zero-order valence-electron chi connectivity index (χ0n) is 12.4. The highest BCUT2D eigenvalue weighted by Crippen LogP contribution is 2.31. The number of thiol groups is 1. The van der Waals surface area contributed by atoms with E-state index in [1.54, 1.807) is 11.1 Å². The number of piperidine rings is 1. The Morgan fingerprint density at radius 3 is 2.50 bits per heavy atom. The van der Waals surface area contributed by atoms with Crippen LogP contribution < -0.4 is 0 Å². The molecule has 1 aliphatic rings. The van der Waals surface area contributed by atoms with Gasteiger partial charge in [-0.2, -0.15) is 17.7 Å². The summed E-state index contributed by atoms with van der Waals surface area (Å²) < 4.78 is 7.39. The van der Waals surface area contributed by atoms with Gasteiger partial charge in [0.25, 0.3) is 0 Å². The van der Waals surface area contributed by atoms with Gasteiger partial charge in [-0.1, -0.05) is 0 Å². The van der Waals surface area contributed by atoms with Crippen LogP contribution in [0.25, 0.3) is 0 Å². The molecule has 1 aromatic rings. The van der Waals surface area contributed by atoms with Crippen molar-refractivity contribution in [3.63, 3.8) is 0 Å². The van der Waals surface area contributed by atoms with Crippen LogP contribution in [-0.4, -0.2) is 45.2 Å². The molecular formula is C14H23N3O2S. The lowest BCUT2D eigenvalue weighted by molar-refractivity contribution is 0.0125. The summed E-state index contributed by atoms with van der Waals surface area (Å²) >= 11 is 4.49. The Morgan fingerprint density at radius 1 is 1.40 bits per heavy atom. The summed E-state index contributed by atoms with van der Waals surface area (Å²) in [4.78, 5) is 13.8. The summed E-state index contributed by atoms with van der Waals surface area (Å²) in [5.74, 6) is 0.719. The SMILES string of the molecule is CC(C)(C)OC(=O)N1CCC(CS)(n2cccn2)CC1. The Hall–Kier alpha value is -1.17. The van der Waals surface area contributed by atoms with Crippen LogP contribution in [0.5, 0.6) is 0 Å². The minimum atomic E-state index is -0.447. The van der Waals surface area contributed by atoms with Crippen LogP contribution in [0, 0.1) is 0 Å². The zero-order chi connectivity index (χ0) is 14.8. The molecule has 0 saturated carbocycles. The zero-order valence-corrected chi connectivity index (χ0v) is 13.3. The predicted octanol–water partition coefficient (Wildman–Crippen LogP) is 2.54. The van der Waals surface area contributed by atoms with Gasteiger partial charge in [0.05, 0.1) is 5.54 Å². The second kappa shape index (κ2) is 5.68. The predicted molar refractivity (Wildman–Crippen MR) is 81.1 cm³/mol. The largest absolute Gasteiger partial charge is 0.444 e. The molecule has 1 saturated heterocycles. The number of carbonyl (C=O) groups is 1. The fourth-order valence-corrected chi connectivity index (χ4v) is 2.90. The van der Waals surface area contributed by atoms with Gasteiger partial charge in [-0.3, -0.25) is 4.68 Å². The fourth-order valence-electron chi connectivity index (χ4n) is 2.44. The normalized spacial score (nSPS) is 18.9. The van der Waals surface area contributed by atoms with Gasteiger partial charge >= 0.3 is 6.09 Å². The molecule has 1 aliphatic heterocycles. The van der Waals surface area contributed by atoms with E-state index < -0.39 is 5.60 Å². The van der Waals surface area contributed by atoms with Gasteiger partial charge in [-0.05, 0) is 39.7 Å². The summed E-state index contributed by atoms with van der Waals surface area (Å²) in [5.41, 5.74) is -0.539. The molecule has 0 atom stereocenters. The lowest BCUT2D eigenvalue weighted by atomic mass is 9.89. The number of aromatic nitrogens is 2. The summed E-state index contributed by atoms with van der Waals surface area (Å²) in [6, 6.07) is 1.92. The molecule has 1 amide bonds. The van der Waals surface area contributed by atoms with E-state index in [0.717, 1.165) is 18.6 Å². The van der Waals surface area contributed by atoms with Crippen LogP contribution in [0.4, 0.5) is 4.79 Å². The van der Waals surface area contributed by atoms with E-state index in [9.17, 15) is 4.79 Å². The van der Waals surface area contributed by atoms with Gasteiger partial charge in [-0.15, -0.1) is 0 Å². The molecule has 5 nitrogen and oxygen atoms in total. The van der Waals surface area contributed by atoms with Gasteiger partial charge in [0.15, 0.2) is 0 Å². The van der Waals surface area contributed by atoms with E-state index in [1.165, 1.54) is 0 Å². The molecule has 0 unspecified atom stereocenters. The maximum absolute atomic E-state index is 12.1. The molecule has 1 aromatic heterocycles. The van der Waals surface area contributed by atoms with Crippen molar-refractivity contribution in [2.24, 2.45) is 0 Å². The van der Waals surface area contributed by atoms with Gasteiger partial charge in [0.1, 0.15) is 5.60 Å². The molecule has 0 radical (unpaired) electrons. The topological polar surface area (TPSA) is 47.4 Å². The number of ether oxygens (including phenoxy) is 1. The molecule has 112 valence electrons. The Kier molecular flexibility index (Phi) is 4.32. The highest BCUT2D eigenvalue weighted by Gasteiger charge is 2.37. The minimum Gasteiger partial charge on any atom is -0.444 e. The van der Waals surface area contributed by atoms with Crippen molar-refractivity contribution < 1.29 is 9.53 Å². The second-order valence-corrected chi connectivity index (χ2v) is 6.62. The third-order valence-electron chi connectivity index (χ3n) is 3.63. The maximum Gasteiger partial charge on any atom is 0.410 e. The lowest BCUT2D eigenvalue weighted by Crippen LogP contribution is -2.50. The minimum absolute atomic E-state index is 0.0921. The Labute approximate surface area is 125 Å². The quantitative estimate of drug-likeness (QED) is 0.853. The van der Waals surface area contributed by atoms with E-state index >= 15 is 0 Å². The average Bonchev–Trinajstić information content (AvgIpc) is 2.91. The Balaban J connectivity index is 1.99. The first-order valence-electron chi connectivity index (χ1n) is 6.95. The van der Waals surface area contributed by atoms with Crippen LogP contribution in [0.1, 0.15) is 33.6 Å². The smallest absolute Gasteiger partial charge is 0.410 e. The number of likely N-dealkylation sites (tertiary alicyclic amines) is 1. The molecule has 2 rings (SSSR count). The Bertz CT molecular complexity index is 445. The maximum atomic E-state index is 12.1. The standard InChI is InChI=1S/C14H23N3O2S/c1-13(2,3)19-12(18)16-9-5-14(11-20,6-10-16)17-8-4-7-15-17/h4,7-8,20H,5-6,9-11H2,1-3H3. The van der Waals surface area contributed by atoms with Crippen molar-refractivity contribution >= 4 is 18.7 Å². The van der Waals surface area contributed by atoms with Crippen LogP contribution in [0.15, 0.2) is 18.5 Å². The van der Waals surface area contributed by atoms with E-state index in [0.29, 0.717) is 13.1 Å². The monoisotopic (exact) mass is 297 g/mol. The van der Waals surface area contributed by atoms with Crippen LogP contribution >= 0.6 is 12.6 Å². The molecule has 0 aromatic carbocycles. The lowest BCUT2D eigenvalue weighted by Gasteiger charge is -2.41. The molecule has 2 heterocycles. The molecular weight excluding hydrogens is 274 g/mol. The first kappa shape index (κ1) is 15.2. The summed E-state index contributed by atoms with van der Waals surface area (Å²) in [6.07, 6.45) is 5.21. The van der Waals surface area contributed by atoms with Gasteiger partial charge in [0.2, 0.25) is 0 Å². The molecule has 0 spiro atoms. The highest BCUT2D eigenvalue weighted by molar-refractivity contribution is 7.80. The number of nitrogens with zero attached hydrogens (tertiary/aromatic N) is 3. The van der Waals surface area contributed by atoms with Crippen LogP contribution in [-0.2, 0) is 10.3 Å². The van der Waals surface area contributed by atoms with Gasteiger partial charge in [-0.25, -0.2) is 4.79 Å². The number of carbonyl (C=O) groups excluding carboxylic acids is 1. The first-order chi connectivity index (χ1) is 9.36. The van der Waals surface area contributed by atoms with Crippen molar-refractivity contribution in [2.75, 3.05) is 18.8 Å². The van der Waals surface area contributed by atoms with Crippen molar-refractivity contribution in [3.05, 3.63) is 18.5 Å². The summed E-state index contributed by atoms with van der Waals surface area (Å²) in [5, 5.41) is 4.35. The van der Waals surface area contributed by atoms with Crippen molar-refractivity contribution in [1.29, 1.82) is 0 Å². The second-order valence-electron chi connectivity index (χ2n) is 6.30. The van der Waals surface area contributed by atoms with E-state index in [4.69, 9.17) is 4.74 Å². The van der Waals surface area contributed by atoms with Crippen LogP contribution in [0.3, 0.4) is 0 Å². The number of hydrogen-bond acceptors (Lipinski definition) is 4. The van der Waals surface area contributed by atoms with Crippen molar-refractivity contribution in [3.8, 4) is 0 Å².